The Kier molecular flexibility index (Phi) is 7.68. The quantitative estimate of drug-likeness (QED) is 0.389. The molecular formula is C11H20O4. The first-order valence-electron chi connectivity index (χ1n) is 5.43. The second-order valence-electron chi connectivity index (χ2n) is 3.80. The van der Waals surface area contributed by atoms with E-state index >= 15 is 0 Å². The molecule has 0 heterocycles. The minimum absolute atomic E-state index is 0.222. The number of esters is 1. The molecule has 0 aromatic carbocycles. The fourth-order valence-corrected chi connectivity index (χ4v) is 1.11. The van der Waals surface area contributed by atoms with Crippen LogP contribution in [-0.2, 0) is 14.3 Å². The van der Waals surface area contributed by atoms with Gasteiger partial charge in [-0.2, -0.15) is 0 Å². The van der Waals surface area contributed by atoms with Gasteiger partial charge in [0.25, 0.3) is 0 Å². The van der Waals surface area contributed by atoms with Gasteiger partial charge in [-0.25, -0.2) is 4.79 Å². The second kappa shape index (κ2) is 8.26. The Labute approximate surface area is 90.9 Å². The molecule has 0 rings (SSSR count). The highest BCUT2D eigenvalue weighted by molar-refractivity contribution is 5.81. The Morgan fingerprint density at radius 1 is 1.20 bits per heavy atom. The molecule has 0 amide bonds. The summed E-state index contributed by atoms with van der Waals surface area (Å²) in [6.07, 6.45) is 2.22. The van der Waals surface area contributed by atoms with Gasteiger partial charge in [0.15, 0.2) is 0 Å². The maximum absolute atomic E-state index is 11.0. The van der Waals surface area contributed by atoms with Crippen LogP contribution in [0.2, 0.25) is 0 Å². The highest BCUT2D eigenvalue weighted by Gasteiger charge is 2.10. The van der Waals surface area contributed by atoms with Crippen LogP contribution in [0.25, 0.3) is 0 Å². The van der Waals surface area contributed by atoms with E-state index < -0.39 is 12.1 Å². The molecule has 0 spiro atoms. The van der Waals surface area contributed by atoms with Gasteiger partial charge >= 0.3 is 12.1 Å². The molecule has 0 fully saturated rings. The summed E-state index contributed by atoms with van der Waals surface area (Å²) >= 11 is 0. The molecule has 0 unspecified atom stereocenters. The summed E-state index contributed by atoms with van der Waals surface area (Å²) in [5.41, 5.74) is 0. The molecule has 15 heavy (non-hydrogen) atoms. The molecule has 0 N–H and O–H groups in total. The highest BCUT2D eigenvalue weighted by atomic mass is 16.7. The molecule has 0 aromatic heterocycles. The van der Waals surface area contributed by atoms with Gasteiger partial charge in [-0.05, 0) is 19.3 Å². The van der Waals surface area contributed by atoms with Crippen LogP contribution in [0.15, 0.2) is 0 Å². The summed E-state index contributed by atoms with van der Waals surface area (Å²) in [6, 6.07) is 0. The van der Waals surface area contributed by atoms with Crippen molar-refractivity contribution in [1.82, 2.24) is 0 Å². The molecule has 0 bridgehead atoms. The Bertz CT molecular complexity index is 199. The van der Waals surface area contributed by atoms with Crippen LogP contribution in [0, 0.1) is 5.92 Å². The van der Waals surface area contributed by atoms with Gasteiger partial charge in [-0.3, -0.25) is 4.79 Å². The number of rotatable bonds is 6. The summed E-state index contributed by atoms with van der Waals surface area (Å²) in [4.78, 5) is 21.8. The van der Waals surface area contributed by atoms with Gasteiger partial charge < -0.3 is 9.47 Å². The lowest BCUT2D eigenvalue weighted by Gasteiger charge is -2.04. The molecule has 0 radical (unpaired) electrons. The molecule has 4 nitrogen and oxygen atoms in total. The topological polar surface area (TPSA) is 52.6 Å². The fourth-order valence-electron chi connectivity index (χ4n) is 1.11. The Morgan fingerprint density at radius 2 is 1.87 bits per heavy atom. The Morgan fingerprint density at radius 3 is 2.40 bits per heavy atom. The lowest BCUT2D eigenvalue weighted by Crippen LogP contribution is -2.13. The normalized spacial score (nSPS) is 10.1. The zero-order valence-corrected chi connectivity index (χ0v) is 9.75. The van der Waals surface area contributed by atoms with E-state index in [1.165, 1.54) is 0 Å². The van der Waals surface area contributed by atoms with Crippen molar-refractivity contribution in [2.75, 3.05) is 6.61 Å². The van der Waals surface area contributed by atoms with Gasteiger partial charge in [0, 0.05) is 6.42 Å². The van der Waals surface area contributed by atoms with Gasteiger partial charge in [0.2, 0.25) is 0 Å². The first-order valence-corrected chi connectivity index (χ1v) is 5.43. The predicted molar refractivity (Wildman–Crippen MR) is 56.4 cm³/mol. The molecule has 88 valence electrons. The summed E-state index contributed by atoms with van der Waals surface area (Å²) in [7, 11) is 0. The maximum atomic E-state index is 11.0. The lowest BCUT2D eigenvalue weighted by molar-refractivity contribution is -0.139. The molecule has 0 aliphatic rings. The summed E-state index contributed by atoms with van der Waals surface area (Å²) in [6.45, 7) is 6.15. The number of hydrogen-bond acceptors (Lipinski definition) is 4. The number of carbonyl (C=O) groups excluding carboxylic acids is 2. The SMILES string of the molecule is CCOC(=O)OC(=O)CCCCC(C)C. The molecule has 0 atom stereocenters. The van der Waals surface area contributed by atoms with Crippen molar-refractivity contribution in [3.05, 3.63) is 0 Å². The van der Waals surface area contributed by atoms with Crippen LogP contribution < -0.4 is 0 Å². The first kappa shape index (κ1) is 13.9. The van der Waals surface area contributed by atoms with E-state index in [1.807, 2.05) is 0 Å². The number of ether oxygens (including phenoxy) is 2. The van der Waals surface area contributed by atoms with Gasteiger partial charge in [-0.15, -0.1) is 0 Å². The van der Waals surface area contributed by atoms with E-state index in [0.29, 0.717) is 5.92 Å². The Balaban J connectivity index is 3.45. The van der Waals surface area contributed by atoms with Crippen molar-refractivity contribution in [2.45, 2.75) is 46.5 Å². The van der Waals surface area contributed by atoms with Crippen molar-refractivity contribution < 1.29 is 19.1 Å². The van der Waals surface area contributed by atoms with Gasteiger partial charge in [0.1, 0.15) is 0 Å². The van der Waals surface area contributed by atoms with Crippen LogP contribution in [-0.4, -0.2) is 18.7 Å². The first-order chi connectivity index (χ1) is 7.06. The van der Waals surface area contributed by atoms with Crippen molar-refractivity contribution in [1.29, 1.82) is 0 Å². The zero-order valence-electron chi connectivity index (χ0n) is 9.75. The monoisotopic (exact) mass is 216 g/mol. The van der Waals surface area contributed by atoms with E-state index in [9.17, 15) is 9.59 Å². The van der Waals surface area contributed by atoms with E-state index in [2.05, 4.69) is 23.3 Å². The number of carbonyl (C=O) groups is 2. The van der Waals surface area contributed by atoms with Crippen LogP contribution in [0.3, 0.4) is 0 Å². The number of unbranched alkanes of at least 4 members (excludes halogenated alkanes) is 1. The van der Waals surface area contributed by atoms with E-state index in [0.717, 1.165) is 19.3 Å². The molecule has 0 aliphatic carbocycles. The van der Waals surface area contributed by atoms with Crippen molar-refractivity contribution in [3.63, 3.8) is 0 Å². The number of hydrogen-bond donors (Lipinski definition) is 0. The van der Waals surface area contributed by atoms with E-state index in [-0.39, 0.29) is 13.0 Å². The summed E-state index contributed by atoms with van der Waals surface area (Å²) in [5.74, 6) is 0.142. The predicted octanol–water partition coefficient (Wildman–Crippen LogP) is 2.90. The van der Waals surface area contributed by atoms with Crippen LogP contribution in [0.4, 0.5) is 4.79 Å². The molecule has 0 saturated carbocycles. The lowest BCUT2D eigenvalue weighted by atomic mass is 10.1. The fraction of sp³-hybridized carbons (Fsp3) is 0.818. The van der Waals surface area contributed by atoms with Crippen LogP contribution >= 0.6 is 0 Å². The van der Waals surface area contributed by atoms with E-state index in [1.54, 1.807) is 6.92 Å². The smallest absolute Gasteiger partial charge is 0.434 e. The molecule has 0 saturated heterocycles. The standard InChI is InChI=1S/C11H20O4/c1-4-14-11(13)15-10(12)8-6-5-7-9(2)3/h9H,4-8H2,1-3H3. The third-order valence-electron chi connectivity index (χ3n) is 1.87. The van der Waals surface area contributed by atoms with Crippen molar-refractivity contribution in [3.8, 4) is 0 Å². The third-order valence-corrected chi connectivity index (χ3v) is 1.87. The minimum atomic E-state index is -0.897. The van der Waals surface area contributed by atoms with Crippen LogP contribution in [0.1, 0.15) is 46.5 Å². The maximum Gasteiger partial charge on any atom is 0.516 e. The van der Waals surface area contributed by atoms with Crippen molar-refractivity contribution >= 4 is 12.1 Å². The highest BCUT2D eigenvalue weighted by Crippen LogP contribution is 2.08. The molecular weight excluding hydrogens is 196 g/mol. The second-order valence-corrected chi connectivity index (χ2v) is 3.80. The average Bonchev–Trinajstić information content (AvgIpc) is 2.12. The van der Waals surface area contributed by atoms with Crippen LogP contribution in [0.5, 0.6) is 0 Å². The molecule has 0 aromatic rings. The average molecular weight is 216 g/mol. The molecule has 4 heteroatoms. The van der Waals surface area contributed by atoms with E-state index in [4.69, 9.17) is 0 Å². The summed E-state index contributed by atoms with van der Waals surface area (Å²) in [5, 5.41) is 0. The van der Waals surface area contributed by atoms with Crippen molar-refractivity contribution in [2.24, 2.45) is 5.92 Å². The van der Waals surface area contributed by atoms with Gasteiger partial charge in [-0.1, -0.05) is 26.7 Å². The molecule has 0 aliphatic heterocycles. The Hall–Kier alpha value is -1.06. The largest absolute Gasteiger partial charge is 0.516 e. The third kappa shape index (κ3) is 9.25. The van der Waals surface area contributed by atoms with Gasteiger partial charge in [0.05, 0.1) is 6.61 Å². The minimum Gasteiger partial charge on any atom is -0.434 e. The zero-order chi connectivity index (χ0) is 11.7. The summed E-state index contributed by atoms with van der Waals surface area (Å²) < 4.78 is 8.87.